The van der Waals surface area contributed by atoms with E-state index in [1.807, 2.05) is 19.1 Å². The van der Waals surface area contributed by atoms with Crippen LogP contribution in [0, 0.1) is 0 Å². The lowest BCUT2D eigenvalue weighted by Crippen LogP contribution is -2.35. The average molecular weight is 394 g/mol. The Balaban J connectivity index is 2.57. The van der Waals surface area contributed by atoms with Crippen molar-refractivity contribution in [1.29, 1.82) is 0 Å². The Labute approximate surface area is 130 Å². The number of carbonyl (C=O) groups excluding carboxylic acids is 1. The molecule has 0 aliphatic rings. The van der Waals surface area contributed by atoms with Crippen molar-refractivity contribution in [3.05, 3.63) is 26.6 Å². The number of hydrogen-bond donors (Lipinski definition) is 1. The molecular formula is C13H18Br2N2O2. The second kappa shape index (κ2) is 7.87. The topological polar surface area (TPSA) is 41.6 Å². The molecule has 0 atom stereocenters. The summed E-state index contributed by atoms with van der Waals surface area (Å²) in [5.41, 5.74) is 1.08. The van der Waals surface area contributed by atoms with Gasteiger partial charge >= 0.3 is 0 Å². The van der Waals surface area contributed by atoms with Gasteiger partial charge in [0.25, 0.3) is 0 Å². The maximum absolute atomic E-state index is 11.6. The van der Waals surface area contributed by atoms with Gasteiger partial charge < -0.3 is 15.0 Å². The van der Waals surface area contributed by atoms with Crippen LogP contribution >= 0.6 is 31.9 Å². The van der Waals surface area contributed by atoms with Crippen LogP contribution in [0.3, 0.4) is 0 Å². The normalized spacial score (nSPS) is 10.4. The summed E-state index contributed by atoms with van der Waals surface area (Å²) in [5.74, 6) is 0.861. The lowest BCUT2D eigenvalue weighted by molar-refractivity contribution is -0.128. The summed E-state index contributed by atoms with van der Waals surface area (Å²) in [7, 11) is 3.42. The van der Waals surface area contributed by atoms with Crippen molar-refractivity contribution < 1.29 is 9.53 Å². The van der Waals surface area contributed by atoms with Gasteiger partial charge in [-0.2, -0.15) is 0 Å². The molecule has 4 nitrogen and oxygen atoms in total. The van der Waals surface area contributed by atoms with Gasteiger partial charge in [0.2, 0.25) is 5.91 Å². The minimum atomic E-state index is 0.0918. The molecule has 0 saturated heterocycles. The minimum Gasteiger partial charge on any atom is -0.494 e. The molecule has 0 unspecified atom stereocenters. The number of methoxy groups -OCH3 is 1. The van der Waals surface area contributed by atoms with Crippen molar-refractivity contribution in [2.75, 3.05) is 27.2 Å². The van der Waals surface area contributed by atoms with Crippen molar-refractivity contribution in [1.82, 2.24) is 10.2 Å². The molecule has 1 amide bonds. The predicted octanol–water partition coefficient (Wildman–Crippen LogP) is 2.79. The highest BCUT2D eigenvalue weighted by molar-refractivity contribution is 9.11. The third-order valence-corrected chi connectivity index (χ3v) is 3.95. The minimum absolute atomic E-state index is 0.0918. The summed E-state index contributed by atoms with van der Waals surface area (Å²) in [4.78, 5) is 13.3. The molecule has 0 radical (unpaired) electrons. The molecule has 1 rings (SSSR count). The number of carbonyl (C=O) groups is 1. The lowest BCUT2D eigenvalue weighted by Gasteiger charge is -2.15. The summed E-state index contributed by atoms with van der Waals surface area (Å²) >= 11 is 6.91. The van der Waals surface area contributed by atoms with E-state index in [1.54, 1.807) is 19.1 Å². The second-order valence-corrected chi connectivity index (χ2v) is 5.81. The maximum atomic E-state index is 11.6. The number of likely N-dealkylation sites (N-methyl/N-ethyl adjacent to an activating group) is 1. The average Bonchev–Trinajstić information content (AvgIpc) is 2.37. The molecule has 1 aromatic rings. The molecule has 106 valence electrons. The number of nitrogens with one attached hydrogen (secondary N) is 1. The van der Waals surface area contributed by atoms with E-state index < -0.39 is 0 Å². The van der Waals surface area contributed by atoms with Gasteiger partial charge in [0.05, 0.1) is 22.6 Å². The van der Waals surface area contributed by atoms with Gasteiger partial charge in [0.1, 0.15) is 5.75 Å². The molecule has 0 aromatic heterocycles. The van der Waals surface area contributed by atoms with Crippen LogP contribution in [0.5, 0.6) is 5.75 Å². The Morgan fingerprint density at radius 3 is 2.42 bits per heavy atom. The molecule has 0 heterocycles. The Morgan fingerprint density at radius 2 is 1.95 bits per heavy atom. The van der Waals surface area contributed by atoms with Crippen molar-refractivity contribution in [2.45, 2.75) is 13.5 Å². The zero-order valence-electron chi connectivity index (χ0n) is 11.3. The number of hydrogen-bond acceptors (Lipinski definition) is 3. The highest BCUT2D eigenvalue weighted by Gasteiger charge is 2.09. The molecule has 19 heavy (non-hydrogen) atoms. The summed E-state index contributed by atoms with van der Waals surface area (Å²) in [6, 6.07) is 3.95. The van der Waals surface area contributed by atoms with Gasteiger partial charge in [-0.05, 0) is 56.5 Å². The number of amides is 1. The van der Waals surface area contributed by atoms with Crippen LogP contribution < -0.4 is 10.1 Å². The summed E-state index contributed by atoms with van der Waals surface area (Å²) < 4.78 is 7.02. The predicted molar refractivity (Wildman–Crippen MR) is 83.4 cm³/mol. The van der Waals surface area contributed by atoms with Crippen molar-refractivity contribution >= 4 is 37.8 Å². The maximum Gasteiger partial charge on any atom is 0.236 e. The molecule has 0 aliphatic carbocycles. The van der Waals surface area contributed by atoms with E-state index >= 15 is 0 Å². The lowest BCUT2D eigenvalue weighted by atomic mass is 10.2. The fourth-order valence-corrected chi connectivity index (χ4v) is 3.14. The van der Waals surface area contributed by atoms with E-state index in [1.165, 1.54) is 0 Å². The van der Waals surface area contributed by atoms with Crippen LogP contribution in [0.2, 0.25) is 0 Å². The highest BCUT2D eigenvalue weighted by Crippen LogP contribution is 2.34. The first-order valence-corrected chi connectivity index (χ1v) is 7.54. The van der Waals surface area contributed by atoms with E-state index in [2.05, 4.69) is 37.2 Å². The number of rotatable bonds is 6. The van der Waals surface area contributed by atoms with Gasteiger partial charge in [0.15, 0.2) is 0 Å². The fraction of sp³-hybridized carbons (Fsp3) is 0.462. The van der Waals surface area contributed by atoms with Gasteiger partial charge in [-0.25, -0.2) is 0 Å². The molecule has 0 bridgehead atoms. The fourth-order valence-electron chi connectivity index (χ4n) is 1.53. The molecule has 6 heteroatoms. The summed E-state index contributed by atoms with van der Waals surface area (Å²) in [6.45, 7) is 3.64. The molecule has 0 spiro atoms. The first-order chi connectivity index (χ1) is 8.99. The SMILES string of the molecule is CCN(C)C(=O)CNCc1cc(Br)c(OC)c(Br)c1. The van der Waals surface area contributed by atoms with Crippen LogP contribution in [0.25, 0.3) is 0 Å². The van der Waals surface area contributed by atoms with E-state index in [4.69, 9.17) is 4.74 Å². The Kier molecular flexibility index (Phi) is 6.82. The molecular weight excluding hydrogens is 376 g/mol. The Bertz CT molecular complexity index is 429. The smallest absolute Gasteiger partial charge is 0.236 e. The molecule has 1 N–H and O–H groups in total. The Hall–Kier alpha value is -0.590. The number of halogens is 2. The standard InChI is InChI=1S/C13H18Br2N2O2/c1-4-17(2)12(18)8-16-7-9-5-10(14)13(19-3)11(15)6-9/h5-6,16H,4,7-8H2,1-3H3. The number of ether oxygens (including phenoxy) is 1. The second-order valence-electron chi connectivity index (χ2n) is 4.10. The van der Waals surface area contributed by atoms with Crippen molar-refractivity contribution in [3.8, 4) is 5.75 Å². The Morgan fingerprint density at radius 1 is 1.37 bits per heavy atom. The molecule has 0 aliphatic heterocycles. The zero-order valence-corrected chi connectivity index (χ0v) is 14.5. The van der Waals surface area contributed by atoms with E-state index in [9.17, 15) is 4.79 Å². The van der Waals surface area contributed by atoms with Crippen LogP contribution in [0.1, 0.15) is 12.5 Å². The first kappa shape index (κ1) is 16.5. The monoisotopic (exact) mass is 392 g/mol. The zero-order chi connectivity index (χ0) is 14.4. The third-order valence-electron chi connectivity index (χ3n) is 2.77. The number of nitrogens with zero attached hydrogens (tertiary/aromatic N) is 1. The van der Waals surface area contributed by atoms with Crippen LogP contribution in [0.15, 0.2) is 21.1 Å². The molecule has 0 saturated carbocycles. The van der Waals surface area contributed by atoms with Gasteiger partial charge in [-0.1, -0.05) is 0 Å². The highest BCUT2D eigenvalue weighted by atomic mass is 79.9. The number of benzene rings is 1. The van der Waals surface area contributed by atoms with E-state index in [-0.39, 0.29) is 5.91 Å². The summed E-state index contributed by atoms with van der Waals surface area (Å²) in [5, 5.41) is 3.13. The summed E-state index contributed by atoms with van der Waals surface area (Å²) in [6.07, 6.45) is 0. The van der Waals surface area contributed by atoms with Crippen molar-refractivity contribution in [2.24, 2.45) is 0 Å². The molecule has 0 fully saturated rings. The van der Waals surface area contributed by atoms with Gasteiger partial charge in [0, 0.05) is 20.1 Å². The van der Waals surface area contributed by atoms with Gasteiger partial charge in [-0.15, -0.1) is 0 Å². The largest absolute Gasteiger partial charge is 0.494 e. The van der Waals surface area contributed by atoms with E-state index in [0.29, 0.717) is 13.1 Å². The van der Waals surface area contributed by atoms with E-state index in [0.717, 1.165) is 26.8 Å². The third kappa shape index (κ3) is 4.78. The molecule has 1 aromatic carbocycles. The van der Waals surface area contributed by atoms with Crippen LogP contribution in [-0.2, 0) is 11.3 Å². The van der Waals surface area contributed by atoms with Crippen molar-refractivity contribution in [3.63, 3.8) is 0 Å². The van der Waals surface area contributed by atoms with Crippen LogP contribution in [0.4, 0.5) is 0 Å². The van der Waals surface area contributed by atoms with Crippen LogP contribution in [-0.4, -0.2) is 38.1 Å². The first-order valence-electron chi connectivity index (χ1n) is 5.96. The quantitative estimate of drug-likeness (QED) is 0.807. The van der Waals surface area contributed by atoms with Gasteiger partial charge in [-0.3, -0.25) is 4.79 Å².